The number of carbonyl (C=O) groups excluding carboxylic acids is 1. The lowest BCUT2D eigenvalue weighted by atomic mass is 10.0. The topological polar surface area (TPSA) is 116 Å². The van der Waals surface area contributed by atoms with Gasteiger partial charge in [-0.2, -0.15) is 0 Å². The van der Waals surface area contributed by atoms with Crippen LogP contribution in [0, 0.1) is 6.92 Å². The van der Waals surface area contributed by atoms with Gasteiger partial charge in [-0.05, 0) is 19.1 Å². The summed E-state index contributed by atoms with van der Waals surface area (Å²) in [4.78, 5) is 20.9. The van der Waals surface area contributed by atoms with Gasteiger partial charge in [0.1, 0.15) is 10.9 Å². The van der Waals surface area contributed by atoms with Gasteiger partial charge in [-0.1, -0.05) is 55.0 Å². The number of nitrogens with one attached hydrogen (secondary N) is 1. The molecule has 3 heterocycles. The van der Waals surface area contributed by atoms with E-state index in [1.165, 1.54) is 51.6 Å². The number of hydrogen-bond acceptors (Lipinski definition) is 8. The van der Waals surface area contributed by atoms with Gasteiger partial charge < -0.3 is 10.5 Å². The number of nitrogens with two attached hydrogens (primary N) is 1. The van der Waals surface area contributed by atoms with Crippen molar-refractivity contribution in [1.82, 2.24) is 20.2 Å². The van der Waals surface area contributed by atoms with E-state index in [9.17, 15) is 4.79 Å². The van der Waals surface area contributed by atoms with Crippen LogP contribution in [-0.2, 0) is 0 Å². The Bertz CT molecular complexity index is 1010. The Hall–Kier alpha value is -2.78. The van der Waals surface area contributed by atoms with Crippen LogP contribution in [-0.4, -0.2) is 33.2 Å². The molecule has 1 amide bonds. The van der Waals surface area contributed by atoms with Crippen LogP contribution in [0.4, 0.5) is 10.3 Å². The first-order chi connectivity index (χ1) is 14.5. The molecule has 0 aliphatic heterocycles. The number of pyridine rings is 2. The number of amides is 1. The summed E-state index contributed by atoms with van der Waals surface area (Å²) in [6, 6.07) is 3.41. The number of aromatic nitrogens is 4. The van der Waals surface area contributed by atoms with Crippen LogP contribution < -0.4 is 15.8 Å². The average molecular weight is 447 g/mol. The minimum Gasteiger partial charge on any atom is -0.494 e. The molecular formula is C20H23ClN6O2S. The predicted octanol–water partition coefficient (Wildman–Crippen LogP) is 4.75. The number of anilines is 2. The Morgan fingerprint density at radius 3 is 2.40 bits per heavy atom. The Kier molecular flexibility index (Phi) is 7.53. The molecule has 0 radical (unpaired) electrons. The van der Waals surface area contributed by atoms with E-state index in [0.717, 1.165) is 17.0 Å². The molecule has 0 atom stereocenters. The van der Waals surface area contributed by atoms with Gasteiger partial charge in [-0.25, -0.2) is 4.98 Å². The van der Waals surface area contributed by atoms with E-state index >= 15 is 0 Å². The molecule has 3 aromatic rings. The quantitative estimate of drug-likeness (QED) is 0.555. The number of carbonyl (C=O) groups is 1. The summed E-state index contributed by atoms with van der Waals surface area (Å²) in [5.74, 6) is 0.0952. The second-order valence-electron chi connectivity index (χ2n) is 6.75. The monoisotopic (exact) mass is 446 g/mol. The van der Waals surface area contributed by atoms with Crippen molar-refractivity contribution in [3.05, 3.63) is 40.9 Å². The Morgan fingerprint density at radius 1 is 1.10 bits per heavy atom. The minimum absolute atomic E-state index is 0.264. The van der Waals surface area contributed by atoms with Crippen LogP contribution in [0.3, 0.4) is 0 Å². The fourth-order valence-corrected chi connectivity index (χ4v) is 3.75. The molecule has 0 bridgehead atoms. The molecule has 1 aliphatic carbocycles. The number of halogens is 1. The summed E-state index contributed by atoms with van der Waals surface area (Å²) in [5.41, 5.74) is 7.85. The number of rotatable bonds is 4. The van der Waals surface area contributed by atoms with E-state index in [1.54, 1.807) is 12.1 Å². The smallest absolute Gasteiger partial charge is 0.259 e. The highest BCUT2D eigenvalue weighted by atomic mass is 35.5. The molecule has 0 saturated heterocycles. The van der Waals surface area contributed by atoms with Gasteiger partial charge in [0.05, 0.1) is 18.9 Å². The van der Waals surface area contributed by atoms with Gasteiger partial charge in [0, 0.05) is 23.0 Å². The van der Waals surface area contributed by atoms with Crippen molar-refractivity contribution in [1.29, 1.82) is 0 Å². The first kappa shape index (κ1) is 21.9. The fraction of sp³-hybridized carbons (Fsp3) is 0.350. The Balaban J connectivity index is 0.000000448. The molecule has 10 heteroatoms. The fourth-order valence-electron chi connectivity index (χ4n) is 3.09. The van der Waals surface area contributed by atoms with Crippen molar-refractivity contribution in [2.45, 2.75) is 39.0 Å². The molecule has 4 rings (SSSR count). The zero-order valence-corrected chi connectivity index (χ0v) is 18.4. The maximum Gasteiger partial charge on any atom is 0.259 e. The van der Waals surface area contributed by atoms with E-state index < -0.39 is 5.91 Å². The zero-order chi connectivity index (χ0) is 21.5. The van der Waals surface area contributed by atoms with Crippen LogP contribution in [0.1, 0.15) is 48.2 Å². The normalized spacial score (nSPS) is 12.8. The van der Waals surface area contributed by atoms with E-state index in [1.807, 2.05) is 6.92 Å². The lowest BCUT2D eigenvalue weighted by molar-refractivity contribution is 0.102. The van der Waals surface area contributed by atoms with E-state index in [2.05, 4.69) is 25.5 Å². The molecule has 3 N–H and O–H groups in total. The summed E-state index contributed by atoms with van der Waals surface area (Å²) >= 11 is 7.09. The summed E-state index contributed by atoms with van der Waals surface area (Å²) < 4.78 is 5.34. The minimum atomic E-state index is -0.395. The molecule has 8 nitrogen and oxygen atoms in total. The first-order valence-electron chi connectivity index (χ1n) is 9.55. The number of ether oxygens (including phenoxy) is 1. The maximum absolute atomic E-state index is 12.7. The summed E-state index contributed by atoms with van der Waals surface area (Å²) in [6.45, 7) is 1.83. The number of hydrogen-bond donors (Lipinski definition) is 2. The summed E-state index contributed by atoms with van der Waals surface area (Å²) in [6.07, 6.45) is 10.5. The molecule has 1 saturated carbocycles. The second kappa shape index (κ2) is 10.3. The third-order valence-corrected chi connectivity index (χ3v) is 5.42. The standard InChI is InChI=1S/C15H13ClN6O2S.C5H10/c1-7-3-8(9-4-12(16)19-6-11(9)24-2)10(5-18-7)13(23)20-15-22-21-14(17)25-15;1-2-4-5-3-1/h3-6H,1-2H3,(H2,17,21)(H,20,22,23);1-5H2. The van der Waals surface area contributed by atoms with Gasteiger partial charge in [0.2, 0.25) is 10.3 Å². The number of nitrogens with zero attached hydrogens (tertiary/aromatic N) is 4. The van der Waals surface area contributed by atoms with E-state index in [-0.39, 0.29) is 10.3 Å². The molecule has 0 unspecified atom stereocenters. The van der Waals surface area contributed by atoms with Crippen molar-refractivity contribution in [2.75, 3.05) is 18.2 Å². The molecule has 1 aliphatic rings. The zero-order valence-electron chi connectivity index (χ0n) is 16.8. The summed E-state index contributed by atoms with van der Waals surface area (Å²) in [5, 5.41) is 11.0. The largest absolute Gasteiger partial charge is 0.494 e. The molecule has 1 fully saturated rings. The Morgan fingerprint density at radius 2 is 1.80 bits per heavy atom. The first-order valence-corrected chi connectivity index (χ1v) is 10.7. The third-order valence-electron chi connectivity index (χ3n) is 4.54. The van der Waals surface area contributed by atoms with Gasteiger partial charge in [0.15, 0.2) is 0 Å². The SMILES string of the molecule is C1CCCC1.COc1cnc(Cl)cc1-c1cc(C)ncc1C(=O)Nc1nnc(N)s1. The molecule has 30 heavy (non-hydrogen) atoms. The van der Waals surface area contributed by atoms with Crippen molar-refractivity contribution in [3.8, 4) is 16.9 Å². The van der Waals surface area contributed by atoms with Crippen molar-refractivity contribution >= 4 is 39.1 Å². The van der Waals surface area contributed by atoms with E-state index in [0.29, 0.717) is 27.6 Å². The second-order valence-corrected chi connectivity index (χ2v) is 8.14. The van der Waals surface area contributed by atoms with E-state index in [4.69, 9.17) is 22.1 Å². The van der Waals surface area contributed by atoms with Crippen molar-refractivity contribution < 1.29 is 9.53 Å². The van der Waals surface area contributed by atoms with Gasteiger partial charge in [-0.3, -0.25) is 15.1 Å². The highest BCUT2D eigenvalue weighted by molar-refractivity contribution is 7.19. The van der Waals surface area contributed by atoms with Crippen molar-refractivity contribution in [2.24, 2.45) is 0 Å². The predicted molar refractivity (Wildman–Crippen MR) is 119 cm³/mol. The van der Waals surface area contributed by atoms with Crippen LogP contribution in [0.5, 0.6) is 5.75 Å². The van der Waals surface area contributed by atoms with Gasteiger partial charge in [-0.15, -0.1) is 10.2 Å². The number of aryl methyl sites for hydroxylation is 1. The van der Waals surface area contributed by atoms with Gasteiger partial charge in [0.25, 0.3) is 5.91 Å². The van der Waals surface area contributed by atoms with Crippen LogP contribution in [0.15, 0.2) is 24.5 Å². The molecule has 0 spiro atoms. The lowest BCUT2D eigenvalue weighted by Crippen LogP contribution is -2.14. The third kappa shape index (κ3) is 5.64. The van der Waals surface area contributed by atoms with Crippen LogP contribution in [0.25, 0.3) is 11.1 Å². The van der Waals surface area contributed by atoms with Crippen LogP contribution in [0.2, 0.25) is 5.15 Å². The highest BCUT2D eigenvalue weighted by Crippen LogP contribution is 2.34. The van der Waals surface area contributed by atoms with Crippen LogP contribution >= 0.6 is 22.9 Å². The molecule has 158 valence electrons. The molecular weight excluding hydrogens is 424 g/mol. The average Bonchev–Trinajstić information content (AvgIpc) is 3.43. The lowest BCUT2D eigenvalue weighted by Gasteiger charge is -2.13. The number of methoxy groups -OCH3 is 1. The Labute approximate surface area is 183 Å². The molecule has 0 aromatic carbocycles. The maximum atomic E-state index is 12.7. The summed E-state index contributed by atoms with van der Waals surface area (Å²) in [7, 11) is 1.52. The van der Waals surface area contributed by atoms with Gasteiger partial charge >= 0.3 is 0 Å². The molecule has 3 aromatic heterocycles. The number of nitrogen functional groups attached to an aromatic ring is 1. The van der Waals surface area contributed by atoms with Crippen molar-refractivity contribution in [3.63, 3.8) is 0 Å². The highest BCUT2D eigenvalue weighted by Gasteiger charge is 2.19.